The van der Waals surface area contributed by atoms with Crippen molar-refractivity contribution in [2.45, 2.75) is 11.9 Å². The van der Waals surface area contributed by atoms with E-state index in [0.717, 1.165) is 5.39 Å². The van der Waals surface area contributed by atoms with Crippen molar-refractivity contribution < 1.29 is 13.2 Å². The molecule has 0 amide bonds. The van der Waals surface area contributed by atoms with Crippen LogP contribution in [0.15, 0.2) is 35.4 Å². The van der Waals surface area contributed by atoms with Crippen molar-refractivity contribution in [1.29, 1.82) is 0 Å². The van der Waals surface area contributed by atoms with Crippen LogP contribution in [0.25, 0.3) is 10.9 Å². The maximum atomic E-state index is 11.2. The standard InChI is InChI=1S/C11H8ClNO3S/c1-7(14)9-3-2-8-4-5-11(17(12,15)16)13-10(8)6-9/h2-6H,1H3. The first-order chi connectivity index (χ1) is 7.88. The summed E-state index contributed by atoms with van der Waals surface area (Å²) < 4.78 is 22.3. The van der Waals surface area contributed by atoms with Gasteiger partial charge >= 0.3 is 0 Å². The third kappa shape index (κ3) is 2.45. The van der Waals surface area contributed by atoms with Gasteiger partial charge in [-0.2, -0.15) is 0 Å². The maximum Gasteiger partial charge on any atom is 0.278 e. The molecular formula is C11H8ClNO3S. The molecule has 0 fully saturated rings. The van der Waals surface area contributed by atoms with E-state index in [9.17, 15) is 13.2 Å². The Hall–Kier alpha value is -1.46. The fourth-order valence-corrected chi connectivity index (χ4v) is 2.15. The third-order valence-electron chi connectivity index (χ3n) is 2.32. The molecule has 0 bridgehead atoms. The van der Waals surface area contributed by atoms with Gasteiger partial charge in [-0.1, -0.05) is 12.1 Å². The molecule has 2 aromatic rings. The number of rotatable bonds is 2. The van der Waals surface area contributed by atoms with Crippen LogP contribution in [0, 0.1) is 0 Å². The Bertz CT molecular complexity index is 710. The van der Waals surface area contributed by atoms with Crippen molar-refractivity contribution in [3.8, 4) is 0 Å². The highest BCUT2D eigenvalue weighted by Crippen LogP contribution is 2.19. The van der Waals surface area contributed by atoms with Crippen molar-refractivity contribution >= 4 is 36.4 Å². The normalized spacial score (nSPS) is 11.6. The number of benzene rings is 1. The number of fused-ring (bicyclic) bond motifs is 1. The number of carbonyl (C=O) groups is 1. The molecule has 0 aliphatic heterocycles. The predicted molar refractivity (Wildman–Crippen MR) is 64.8 cm³/mol. The summed E-state index contributed by atoms with van der Waals surface area (Å²) >= 11 is 0. The minimum atomic E-state index is -3.85. The first-order valence-electron chi connectivity index (χ1n) is 4.74. The molecule has 0 aliphatic carbocycles. The molecule has 0 saturated carbocycles. The Labute approximate surface area is 103 Å². The van der Waals surface area contributed by atoms with Gasteiger partial charge in [0, 0.05) is 21.6 Å². The number of nitrogens with zero attached hydrogens (tertiary/aromatic N) is 1. The van der Waals surface area contributed by atoms with E-state index in [2.05, 4.69) is 4.98 Å². The number of Topliss-reactive ketones (excluding diaryl/α,β-unsaturated/α-hetero) is 1. The Balaban J connectivity index is 2.71. The molecule has 6 heteroatoms. The lowest BCUT2D eigenvalue weighted by Crippen LogP contribution is -1.97. The Morgan fingerprint density at radius 2 is 1.88 bits per heavy atom. The van der Waals surface area contributed by atoms with E-state index >= 15 is 0 Å². The van der Waals surface area contributed by atoms with Crippen LogP contribution in [0.4, 0.5) is 0 Å². The van der Waals surface area contributed by atoms with Gasteiger partial charge in [0.1, 0.15) is 0 Å². The second-order valence-corrected chi connectivity index (χ2v) is 6.06. The predicted octanol–water partition coefficient (Wildman–Crippen LogP) is 2.36. The molecule has 1 heterocycles. The van der Waals surface area contributed by atoms with Gasteiger partial charge in [-0.15, -0.1) is 0 Å². The summed E-state index contributed by atoms with van der Waals surface area (Å²) in [5.74, 6) is -0.104. The lowest BCUT2D eigenvalue weighted by atomic mass is 10.1. The number of hydrogen-bond acceptors (Lipinski definition) is 4. The average molecular weight is 270 g/mol. The number of pyridine rings is 1. The smallest absolute Gasteiger partial charge is 0.278 e. The summed E-state index contributed by atoms with van der Waals surface area (Å²) in [6, 6.07) is 7.85. The number of ketones is 1. The van der Waals surface area contributed by atoms with E-state index in [0.29, 0.717) is 11.1 Å². The molecule has 4 nitrogen and oxygen atoms in total. The molecule has 0 saturated heterocycles. The molecule has 0 radical (unpaired) electrons. The van der Waals surface area contributed by atoms with Crippen LogP contribution in [0.3, 0.4) is 0 Å². The number of aromatic nitrogens is 1. The summed E-state index contributed by atoms with van der Waals surface area (Å²) in [7, 11) is 1.35. The zero-order valence-electron chi connectivity index (χ0n) is 8.84. The van der Waals surface area contributed by atoms with Crippen molar-refractivity contribution in [1.82, 2.24) is 4.98 Å². The van der Waals surface area contributed by atoms with Crippen LogP contribution in [0.5, 0.6) is 0 Å². The van der Waals surface area contributed by atoms with Crippen molar-refractivity contribution in [2.75, 3.05) is 0 Å². The number of halogens is 1. The van der Waals surface area contributed by atoms with Gasteiger partial charge < -0.3 is 0 Å². The van der Waals surface area contributed by atoms with Gasteiger partial charge in [0.25, 0.3) is 9.05 Å². The van der Waals surface area contributed by atoms with E-state index < -0.39 is 9.05 Å². The molecule has 0 N–H and O–H groups in total. The molecule has 2 rings (SSSR count). The van der Waals surface area contributed by atoms with Gasteiger partial charge in [-0.3, -0.25) is 4.79 Å². The zero-order chi connectivity index (χ0) is 12.6. The summed E-state index contributed by atoms with van der Waals surface area (Å²) in [4.78, 5) is 15.1. The van der Waals surface area contributed by atoms with E-state index in [-0.39, 0.29) is 10.8 Å². The summed E-state index contributed by atoms with van der Waals surface area (Å²) in [5, 5.41) is 0.534. The zero-order valence-corrected chi connectivity index (χ0v) is 10.4. The highest BCUT2D eigenvalue weighted by molar-refractivity contribution is 8.13. The van der Waals surface area contributed by atoms with Gasteiger partial charge in [-0.05, 0) is 25.1 Å². The van der Waals surface area contributed by atoms with Crippen LogP contribution >= 0.6 is 10.7 Å². The van der Waals surface area contributed by atoms with Gasteiger partial charge in [0.05, 0.1) is 5.52 Å². The lowest BCUT2D eigenvalue weighted by molar-refractivity contribution is 0.101. The van der Waals surface area contributed by atoms with Gasteiger partial charge in [-0.25, -0.2) is 13.4 Å². The molecular weight excluding hydrogens is 262 g/mol. The molecule has 1 aromatic heterocycles. The third-order valence-corrected chi connectivity index (χ3v) is 3.52. The summed E-state index contributed by atoms with van der Waals surface area (Å²) in [6.07, 6.45) is 0. The molecule has 0 atom stereocenters. The topological polar surface area (TPSA) is 64.1 Å². The summed E-state index contributed by atoms with van der Waals surface area (Å²) in [5.41, 5.74) is 0.911. The second kappa shape index (κ2) is 4.09. The molecule has 0 unspecified atom stereocenters. The van der Waals surface area contributed by atoms with Gasteiger partial charge in [0.2, 0.25) is 0 Å². The first-order valence-corrected chi connectivity index (χ1v) is 7.05. The Kier molecular flexibility index (Phi) is 2.89. The fraction of sp³-hybridized carbons (Fsp3) is 0.0909. The summed E-state index contributed by atoms with van der Waals surface area (Å²) in [6.45, 7) is 1.43. The second-order valence-electron chi connectivity index (χ2n) is 3.55. The number of hydrogen-bond donors (Lipinski definition) is 0. The lowest BCUT2D eigenvalue weighted by Gasteiger charge is -2.01. The average Bonchev–Trinajstić information content (AvgIpc) is 2.26. The fourth-order valence-electron chi connectivity index (χ4n) is 1.45. The highest BCUT2D eigenvalue weighted by Gasteiger charge is 2.12. The minimum Gasteiger partial charge on any atom is -0.295 e. The monoisotopic (exact) mass is 269 g/mol. The molecule has 1 aromatic carbocycles. The van der Waals surface area contributed by atoms with E-state index in [1.165, 1.54) is 13.0 Å². The minimum absolute atomic E-state index is 0.104. The van der Waals surface area contributed by atoms with Crippen LogP contribution in [0.1, 0.15) is 17.3 Å². The van der Waals surface area contributed by atoms with E-state index in [1.54, 1.807) is 24.3 Å². The molecule has 0 spiro atoms. The first kappa shape index (κ1) is 12.0. The van der Waals surface area contributed by atoms with Crippen LogP contribution in [0.2, 0.25) is 0 Å². The van der Waals surface area contributed by atoms with Crippen molar-refractivity contribution in [2.24, 2.45) is 0 Å². The SMILES string of the molecule is CC(=O)c1ccc2ccc(S(=O)(=O)Cl)nc2c1. The molecule has 17 heavy (non-hydrogen) atoms. The van der Waals surface area contributed by atoms with Crippen molar-refractivity contribution in [3.63, 3.8) is 0 Å². The van der Waals surface area contributed by atoms with Crippen LogP contribution < -0.4 is 0 Å². The van der Waals surface area contributed by atoms with Crippen molar-refractivity contribution in [3.05, 3.63) is 35.9 Å². The van der Waals surface area contributed by atoms with Crippen LogP contribution in [-0.2, 0) is 9.05 Å². The largest absolute Gasteiger partial charge is 0.295 e. The molecule has 88 valence electrons. The quantitative estimate of drug-likeness (QED) is 0.620. The number of carbonyl (C=O) groups excluding carboxylic acids is 1. The van der Waals surface area contributed by atoms with Crippen LogP contribution in [-0.4, -0.2) is 19.2 Å². The Morgan fingerprint density at radius 1 is 1.24 bits per heavy atom. The Morgan fingerprint density at radius 3 is 2.47 bits per heavy atom. The maximum absolute atomic E-state index is 11.2. The highest BCUT2D eigenvalue weighted by atomic mass is 35.7. The molecule has 0 aliphatic rings. The van der Waals surface area contributed by atoms with Gasteiger partial charge in [0.15, 0.2) is 10.8 Å². The van der Waals surface area contributed by atoms with E-state index in [1.807, 2.05) is 0 Å². The van der Waals surface area contributed by atoms with E-state index in [4.69, 9.17) is 10.7 Å².